The van der Waals surface area contributed by atoms with Gasteiger partial charge >= 0.3 is 12.6 Å². The number of piperazine rings is 1. The van der Waals surface area contributed by atoms with Crippen LogP contribution in [-0.2, 0) is 14.8 Å². The fourth-order valence-corrected chi connectivity index (χ4v) is 6.94. The van der Waals surface area contributed by atoms with Crippen LogP contribution in [0.1, 0.15) is 12.5 Å². The van der Waals surface area contributed by atoms with E-state index in [1.54, 1.807) is 50.2 Å². The maximum absolute atomic E-state index is 14.3. The number of carbonyl (C=O) groups is 1. The Morgan fingerprint density at radius 1 is 1.00 bits per heavy atom. The zero-order valence-electron chi connectivity index (χ0n) is 21.8. The molecule has 1 fully saturated rings. The average molecular weight is 576 g/mol. The average Bonchev–Trinajstić information content (AvgIpc) is 2.90. The molecule has 12 heteroatoms. The molecule has 0 saturated carbocycles. The molecule has 8 nitrogen and oxygen atoms in total. The number of rotatable bonds is 7. The lowest BCUT2D eigenvalue weighted by Gasteiger charge is -2.49. The van der Waals surface area contributed by atoms with E-state index in [0.29, 0.717) is 36.6 Å². The van der Waals surface area contributed by atoms with Gasteiger partial charge in [-0.25, -0.2) is 12.8 Å². The monoisotopic (exact) mass is 575 g/mol. The van der Waals surface area contributed by atoms with Gasteiger partial charge in [0.05, 0.1) is 28.9 Å². The number of hydrogen-bond donors (Lipinski definition) is 1. The van der Waals surface area contributed by atoms with Gasteiger partial charge in [0, 0.05) is 25.7 Å². The Kier molecular flexibility index (Phi) is 7.40. The van der Waals surface area contributed by atoms with E-state index in [1.807, 2.05) is 4.90 Å². The number of nitrogens with zero attached hydrogens (tertiary/aromatic N) is 3. The third-order valence-electron chi connectivity index (χ3n) is 7.36. The number of ether oxygens (including phenoxy) is 1. The first-order valence-electron chi connectivity index (χ1n) is 12.7. The van der Waals surface area contributed by atoms with E-state index in [0.717, 1.165) is 17.7 Å². The molecule has 2 heterocycles. The topological polar surface area (TPSA) is 90.4 Å². The molecule has 1 unspecified atom stereocenters. The van der Waals surface area contributed by atoms with Crippen molar-refractivity contribution in [3.05, 3.63) is 72.0 Å². The van der Waals surface area contributed by atoms with Crippen LogP contribution in [0.2, 0.25) is 0 Å². The van der Waals surface area contributed by atoms with Crippen LogP contribution in [0.3, 0.4) is 0 Å². The third kappa shape index (κ3) is 5.33. The van der Waals surface area contributed by atoms with Gasteiger partial charge in [-0.3, -0.25) is 14.0 Å². The summed E-state index contributed by atoms with van der Waals surface area (Å²) >= 11 is 0. The maximum Gasteiger partial charge on any atom is 0.387 e. The number of benzene rings is 3. The largest absolute Gasteiger partial charge is 0.480 e. The third-order valence-corrected chi connectivity index (χ3v) is 9.13. The van der Waals surface area contributed by atoms with E-state index in [2.05, 4.69) is 9.64 Å². The molecule has 0 amide bonds. The number of hydrogen-bond acceptors (Lipinski definition) is 6. The fraction of sp³-hybridized carbons (Fsp3) is 0.321. The van der Waals surface area contributed by atoms with Gasteiger partial charge in [-0.15, -0.1) is 0 Å². The van der Waals surface area contributed by atoms with Gasteiger partial charge in [0.15, 0.2) is 0 Å². The molecule has 3 aromatic rings. The smallest absolute Gasteiger partial charge is 0.387 e. The fourth-order valence-electron chi connectivity index (χ4n) is 5.33. The number of halogens is 3. The van der Waals surface area contributed by atoms with Crippen molar-refractivity contribution in [2.45, 2.75) is 37.4 Å². The summed E-state index contributed by atoms with van der Waals surface area (Å²) in [7, 11) is -4.06. The first kappa shape index (κ1) is 27.8. The summed E-state index contributed by atoms with van der Waals surface area (Å²) in [4.78, 5) is 15.6. The molecule has 40 heavy (non-hydrogen) atoms. The van der Waals surface area contributed by atoms with Gasteiger partial charge < -0.3 is 14.7 Å². The molecule has 2 atom stereocenters. The normalized spacial score (nSPS) is 18.3. The Labute approximate surface area is 230 Å². The van der Waals surface area contributed by atoms with E-state index in [-0.39, 0.29) is 28.8 Å². The molecule has 2 aliphatic rings. The summed E-state index contributed by atoms with van der Waals surface area (Å²) < 4.78 is 73.7. The van der Waals surface area contributed by atoms with E-state index >= 15 is 0 Å². The van der Waals surface area contributed by atoms with Crippen LogP contribution < -0.4 is 13.9 Å². The number of carboxylic acid groups (broad SMARTS) is 1. The second-order valence-electron chi connectivity index (χ2n) is 9.97. The lowest BCUT2D eigenvalue weighted by atomic mass is 9.99. The Morgan fingerprint density at radius 3 is 2.48 bits per heavy atom. The van der Waals surface area contributed by atoms with Crippen LogP contribution in [0.15, 0.2) is 65.6 Å². The molecule has 0 radical (unpaired) electrons. The minimum atomic E-state index is -4.06. The van der Waals surface area contributed by atoms with Crippen LogP contribution >= 0.6 is 0 Å². The number of fused-ring (bicyclic) bond motifs is 3. The van der Waals surface area contributed by atoms with Gasteiger partial charge in [0.25, 0.3) is 10.0 Å². The highest BCUT2D eigenvalue weighted by atomic mass is 32.2. The number of carboxylic acids is 1. The summed E-state index contributed by atoms with van der Waals surface area (Å²) in [5.74, 6) is -2.08. The summed E-state index contributed by atoms with van der Waals surface area (Å²) in [6.45, 7) is 1.59. The molecule has 1 saturated heterocycles. The summed E-state index contributed by atoms with van der Waals surface area (Å²) in [5.41, 5.74) is 2.40. The summed E-state index contributed by atoms with van der Waals surface area (Å²) in [6, 6.07) is 13.8. The van der Waals surface area contributed by atoms with Crippen molar-refractivity contribution < 1.29 is 36.2 Å². The highest BCUT2D eigenvalue weighted by Crippen LogP contribution is 2.42. The Morgan fingerprint density at radius 2 is 1.77 bits per heavy atom. The number of sulfonamides is 1. The zero-order valence-corrected chi connectivity index (χ0v) is 22.6. The molecule has 5 rings (SSSR count). The summed E-state index contributed by atoms with van der Waals surface area (Å²) in [6.07, 6.45) is 0. The van der Waals surface area contributed by atoms with Crippen molar-refractivity contribution in [2.24, 2.45) is 0 Å². The number of aliphatic carboxylic acids is 1. The molecular formula is C28H28F3N3O5S. The van der Waals surface area contributed by atoms with Gasteiger partial charge in [-0.1, -0.05) is 18.2 Å². The first-order chi connectivity index (χ1) is 18.9. The molecular weight excluding hydrogens is 547 g/mol. The highest BCUT2D eigenvalue weighted by Gasteiger charge is 2.41. The Balaban J connectivity index is 1.61. The van der Waals surface area contributed by atoms with Crippen molar-refractivity contribution in [1.29, 1.82) is 0 Å². The molecule has 212 valence electrons. The number of anilines is 2. The van der Waals surface area contributed by atoms with Crippen molar-refractivity contribution in [2.75, 3.05) is 35.4 Å². The standard InChI is InChI=1S/C28H28F3N3O5S/c1-17-4-3-5-24(10-17)40(37,38)34-16-22-15-32(18(2)27(35)36)8-9-33(22)25-7-6-19(13-26(25)34)20-11-21(29)14-23(12-20)39-28(30)31/h3-7,10-14,18,22,28H,8-9,15-16H2,1-2H3,(H,35,36)/t18?,22-/m0/s1. The van der Waals surface area contributed by atoms with Gasteiger partial charge in [-0.2, -0.15) is 8.78 Å². The molecule has 0 aromatic heterocycles. The van der Waals surface area contributed by atoms with Crippen molar-refractivity contribution in [3.8, 4) is 16.9 Å². The molecule has 0 spiro atoms. The van der Waals surface area contributed by atoms with Crippen LogP contribution in [0.4, 0.5) is 24.5 Å². The summed E-state index contributed by atoms with van der Waals surface area (Å²) in [5, 5.41) is 9.53. The van der Waals surface area contributed by atoms with E-state index < -0.39 is 34.5 Å². The second-order valence-corrected chi connectivity index (χ2v) is 11.8. The quantitative estimate of drug-likeness (QED) is 0.441. The lowest BCUT2D eigenvalue weighted by molar-refractivity contribution is -0.142. The Hall–Kier alpha value is -3.77. The minimum absolute atomic E-state index is 0.0540. The molecule has 0 aliphatic carbocycles. The predicted octanol–water partition coefficient (Wildman–Crippen LogP) is 4.58. The van der Waals surface area contributed by atoms with Crippen molar-refractivity contribution in [3.63, 3.8) is 0 Å². The number of aryl methyl sites for hydroxylation is 1. The van der Waals surface area contributed by atoms with Gasteiger partial charge in [0.2, 0.25) is 0 Å². The van der Waals surface area contributed by atoms with Gasteiger partial charge in [0.1, 0.15) is 17.6 Å². The van der Waals surface area contributed by atoms with Crippen molar-refractivity contribution >= 4 is 27.4 Å². The van der Waals surface area contributed by atoms with Crippen LogP contribution in [0, 0.1) is 12.7 Å². The Bertz CT molecular complexity index is 1550. The van der Waals surface area contributed by atoms with Crippen LogP contribution in [0.25, 0.3) is 11.1 Å². The lowest BCUT2D eigenvalue weighted by Crippen LogP contribution is -2.62. The zero-order chi connectivity index (χ0) is 28.8. The molecule has 3 aromatic carbocycles. The molecule has 1 N–H and O–H groups in total. The van der Waals surface area contributed by atoms with Gasteiger partial charge in [-0.05, 0) is 66.9 Å². The second kappa shape index (κ2) is 10.7. The SMILES string of the molecule is Cc1cccc(S(=O)(=O)N2C[C@@H]3CN(C(C)C(=O)O)CCN3c3ccc(-c4cc(F)cc(OC(F)F)c4)cc32)c1. The van der Waals surface area contributed by atoms with E-state index in [4.69, 9.17) is 0 Å². The maximum atomic E-state index is 14.3. The highest BCUT2D eigenvalue weighted by molar-refractivity contribution is 7.92. The molecule has 0 bridgehead atoms. The van der Waals surface area contributed by atoms with Crippen LogP contribution in [-0.4, -0.2) is 69.3 Å². The van der Waals surface area contributed by atoms with Crippen molar-refractivity contribution in [1.82, 2.24) is 4.90 Å². The van der Waals surface area contributed by atoms with E-state index in [9.17, 15) is 31.5 Å². The predicted molar refractivity (Wildman–Crippen MR) is 144 cm³/mol. The first-order valence-corrected chi connectivity index (χ1v) is 14.1. The van der Waals surface area contributed by atoms with Crippen LogP contribution in [0.5, 0.6) is 5.75 Å². The number of alkyl halides is 2. The van der Waals surface area contributed by atoms with E-state index in [1.165, 1.54) is 16.4 Å². The molecule has 2 aliphatic heterocycles. The minimum Gasteiger partial charge on any atom is -0.480 e.